The Bertz CT molecular complexity index is 773. The Kier molecular flexibility index (Phi) is 9.22. The quantitative estimate of drug-likeness (QED) is 0.182. The van der Waals surface area contributed by atoms with Gasteiger partial charge in [-0.1, -0.05) is 56.2 Å². The maximum absolute atomic E-state index is 11.2. The zero-order valence-electron chi connectivity index (χ0n) is 19.5. The molecule has 0 bridgehead atoms. The average molecular weight is 463 g/mol. The summed E-state index contributed by atoms with van der Waals surface area (Å²) in [5.41, 5.74) is 2.06. The highest BCUT2D eigenvalue weighted by Crippen LogP contribution is 2.54. The zero-order valence-corrected chi connectivity index (χ0v) is 20.3. The molecule has 5 atom stereocenters. The van der Waals surface area contributed by atoms with Crippen molar-refractivity contribution in [2.75, 3.05) is 7.11 Å². The number of carbonyl (C=O) groups excluding carboxylic acids is 1. The van der Waals surface area contributed by atoms with Crippen LogP contribution in [0.3, 0.4) is 0 Å². The number of hydrogen-bond donors (Lipinski definition) is 2. The topological polar surface area (TPSA) is 66.8 Å². The first kappa shape index (κ1) is 25.3. The number of halogens is 1. The van der Waals surface area contributed by atoms with Crippen LogP contribution in [-0.4, -0.2) is 34.8 Å². The number of hydrogen-bond acceptors (Lipinski definition) is 4. The summed E-state index contributed by atoms with van der Waals surface area (Å²) in [6.45, 7) is 2.19. The minimum atomic E-state index is -0.476. The first-order valence-electron chi connectivity index (χ1n) is 12.2. The first-order chi connectivity index (χ1) is 15.4. The van der Waals surface area contributed by atoms with Crippen molar-refractivity contribution in [3.05, 3.63) is 47.5 Å². The summed E-state index contributed by atoms with van der Waals surface area (Å²) in [5.74, 6) is -0.0694. The minimum absolute atomic E-state index is 0.0169. The molecule has 0 radical (unpaired) electrons. The van der Waals surface area contributed by atoms with Crippen molar-refractivity contribution >= 4 is 17.6 Å². The third kappa shape index (κ3) is 5.76. The molecule has 178 valence electrons. The molecule has 1 unspecified atom stereocenters. The smallest absolute Gasteiger partial charge is 0.305 e. The van der Waals surface area contributed by atoms with Crippen molar-refractivity contribution in [1.29, 1.82) is 0 Å². The van der Waals surface area contributed by atoms with Gasteiger partial charge in [0, 0.05) is 23.1 Å². The number of alkyl halides is 1. The van der Waals surface area contributed by atoms with Crippen molar-refractivity contribution in [2.45, 2.75) is 94.6 Å². The standard InChI is InChI=1S/C27H39ClO4/c1-3-14-27(15-9-16-27)26(31)20-11-8-10-19(17-20)25-21(22(28)18-23(25)29)12-6-4-5-7-13-24(30)32-2/h4,6,8,10-11,17,21-23,25-26,29,31H,3,5,7,9,12-16,18H2,1-2H3/t21-,22+,23+,25+,26?/m0/s1. The van der Waals surface area contributed by atoms with Crippen molar-refractivity contribution in [2.24, 2.45) is 11.3 Å². The van der Waals surface area contributed by atoms with Crippen LogP contribution in [0.1, 0.15) is 94.3 Å². The van der Waals surface area contributed by atoms with Crippen LogP contribution in [-0.2, 0) is 9.53 Å². The largest absolute Gasteiger partial charge is 0.469 e. The molecule has 0 aromatic heterocycles. The van der Waals surface area contributed by atoms with Gasteiger partial charge >= 0.3 is 5.97 Å². The van der Waals surface area contributed by atoms with Crippen LogP contribution in [0.15, 0.2) is 36.4 Å². The van der Waals surface area contributed by atoms with Crippen LogP contribution in [0.2, 0.25) is 0 Å². The summed E-state index contributed by atoms with van der Waals surface area (Å²) >= 11 is 6.66. The number of methoxy groups -OCH3 is 1. The number of aliphatic hydroxyl groups excluding tert-OH is 2. The highest BCUT2D eigenvalue weighted by Gasteiger charge is 2.44. The molecule has 32 heavy (non-hydrogen) atoms. The molecule has 2 N–H and O–H groups in total. The van der Waals surface area contributed by atoms with Gasteiger partial charge in [-0.3, -0.25) is 4.79 Å². The van der Waals surface area contributed by atoms with E-state index in [1.807, 2.05) is 12.1 Å². The van der Waals surface area contributed by atoms with Gasteiger partial charge < -0.3 is 14.9 Å². The monoisotopic (exact) mass is 462 g/mol. The van der Waals surface area contributed by atoms with Gasteiger partial charge in [0.05, 0.1) is 19.3 Å². The molecule has 3 rings (SSSR count). The first-order valence-corrected chi connectivity index (χ1v) is 12.7. The third-order valence-electron chi connectivity index (χ3n) is 7.65. The lowest BCUT2D eigenvalue weighted by Gasteiger charge is -2.46. The molecule has 2 saturated carbocycles. The zero-order chi connectivity index (χ0) is 23.1. The molecule has 1 aromatic rings. The summed E-state index contributed by atoms with van der Waals surface area (Å²) in [5, 5.41) is 22.0. The van der Waals surface area contributed by atoms with E-state index in [0.29, 0.717) is 12.8 Å². The van der Waals surface area contributed by atoms with Gasteiger partial charge in [0.2, 0.25) is 0 Å². The highest BCUT2D eigenvalue weighted by atomic mass is 35.5. The maximum atomic E-state index is 11.2. The number of benzene rings is 1. The van der Waals surface area contributed by atoms with E-state index in [-0.39, 0.29) is 28.6 Å². The number of allylic oxidation sites excluding steroid dienone is 2. The number of carbonyl (C=O) groups is 1. The van der Waals surface area contributed by atoms with E-state index in [0.717, 1.165) is 56.1 Å². The average Bonchev–Trinajstić information content (AvgIpc) is 3.05. The summed E-state index contributed by atoms with van der Waals surface area (Å²) in [6, 6.07) is 8.22. The number of esters is 1. The second-order valence-corrected chi connectivity index (χ2v) is 10.3. The summed E-state index contributed by atoms with van der Waals surface area (Å²) in [7, 11) is 1.41. The van der Waals surface area contributed by atoms with Crippen molar-refractivity contribution in [3.8, 4) is 0 Å². The maximum Gasteiger partial charge on any atom is 0.305 e. The fraction of sp³-hybridized carbons (Fsp3) is 0.667. The number of rotatable bonds is 11. The SMILES string of the molecule is CCCC1(C(O)c2cccc([C@@H]3[C@@H](CC=CCCCC(=O)OC)[C@H](Cl)C[C@H]3O)c2)CCC1. The Hall–Kier alpha value is -1.36. The fourth-order valence-corrected chi connectivity index (χ4v) is 6.18. The molecule has 2 aliphatic carbocycles. The Morgan fingerprint density at radius 2 is 2.12 bits per heavy atom. The molecule has 0 amide bonds. The van der Waals surface area contributed by atoms with Crippen molar-refractivity contribution in [1.82, 2.24) is 0 Å². The lowest BCUT2D eigenvalue weighted by atomic mass is 9.61. The van der Waals surface area contributed by atoms with Gasteiger partial charge in [-0.2, -0.15) is 0 Å². The Labute approximate surface area is 198 Å². The molecular weight excluding hydrogens is 424 g/mol. The molecule has 4 nitrogen and oxygen atoms in total. The predicted molar refractivity (Wildman–Crippen MR) is 129 cm³/mol. The second kappa shape index (κ2) is 11.7. The van der Waals surface area contributed by atoms with Crippen molar-refractivity contribution < 1.29 is 19.7 Å². The van der Waals surface area contributed by atoms with E-state index in [1.165, 1.54) is 13.5 Å². The van der Waals surface area contributed by atoms with Crippen LogP contribution in [0.4, 0.5) is 0 Å². The highest BCUT2D eigenvalue weighted by molar-refractivity contribution is 6.21. The van der Waals surface area contributed by atoms with Gasteiger partial charge in [-0.15, -0.1) is 11.6 Å². The van der Waals surface area contributed by atoms with Crippen molar-refractivity contribution in [3.63, 3.8) is 0 Å². The molecular formula is C27H39ClO4. The fourth-order valence-electron chi connectivity index (χ4n) is 5.74. The lowest BCUT2D eigenvalue weighted by molar-refractivity contribution is -0.140. The number of unbranched alkanes of at least 4 members (excludes halogenated alkanes) is 1. The summed E-state index contributed by atoms with van der Waals surface area (Å²) < 4.78 is 4.67. The Morgan fingerprint density at radius 3 is 2.78 bits per heavy atom. The molecule has 2 fully saturated rings. The molecule has 5 heteroatoms. The van der Waals surface area contributed by atoms with E-state index < -0.39 is 12.2 Å². The van der Waals surface area contributed by atoms with Crippen LogP contribution < -0.4 is 0 Å². The molecule has 1 aromatic carbocycles. The normalized spacial score (nSPS) is 27.9. The lowest BCUT2D eigenvalue weighted by Crippen LogP contribution is -2.36. The van der Waals surface area contributed by atoms with Gasteiger partial charge in [0.1, 0.15) is 0 Å². The van der Waals surface area contributed by atoms with Gasteiger partial charge in [0.25, 0.3) is 0 Å². The number of ether oxygens (including phenoxy) is 1. The van der Waals surface area contributed by atoms with Crippen LogP contribution in [0.5, 0.6) is 0 Å². The molecule has 0 heterocycles. The van der Waals surface area contributed by atoms with E-state index in [9.17, 15) is 15.0 Å². The van der Waals surface area contributed by atoms with E-state index in [2.05, 4.69) is 35.9 Å². The molecule has 0 spiro atoms. The van der Waals surface area contributed by atoms with E-state index in [4.69, 9.17) is 11.6 Å². The molecule has 0 saturated heterocycles. The molecule has 2 aliphatic rings. The third-order valence-corrected chi connectivity index (χ3v) is 8.15. The van der Waals surface area contributed by atoms with E-state index >= 15 is 0 Å². The Morgan fingerprint density at radius 1 is 1.34 bits per heavy atom. The van der Waals surface area contributed by atoms with Gasteiger partial charge in [0.15, 0.2) is 0 Å². The van der Waals surface area contributed by atoms with Gasteiger partial charge in [-0.05, 0) is 62.0 Å². The van der Waals surface area contributed by atoms with Crippen LogP contribution in [0, 0.1) is 11.3 Å². The minimum Gasteiger partial charge on any atom is -0.469 e. The van der Waals surface area contributed by atoms with Crippen LogP contribution >= 0.6 is 11.6 Å². The second-order valence-electron chi connectivity index (χ2n) is 9.72. The van der Waals surface area contributed by atoms with E-state index in [1.54, 1.807) is 0 Å². The number of aliphatic hydroxyl groups is 2. The Balaban J connectivity index is 1.68. The van der Waals surface area contributed by atoms with Gasteiger partial charge in [-0.25, -0.2) is 0 Å². The summed E-state index contributed by atoms with van der Waals surface area (Å²) in [4.78, 5) is 11.2. The van der Waals surface area contributed by atoms with Crippen LogP contribution in [0.25, 0.3) is 0 Å². The predicted octanol–water partition coefficient (Wildman–Crippen LogP) is 6.05. The summed E-state index contributed by atoms with van der Waals surface area (Å²) in [6.07, 6.45) is 12.2. The molecule has 0 aliphatic heterocycles.